The molecule has 1 aliphatic heterocycles. The van der Waals surface area contributed by atoms with Crippen LogP contribution in [0.1, 0.15) is 12.7 Å². The smallest absolute Gasteiger partial charge is 0.237 e. The molecule has 2 heterocycles. The van der Waals surface area contributed by atoms with Crippen molar-refractivity contribution in [3.05, 3.63) is 24.0 Å². The third-order valence-corrected chi connectivity index (χ3v) is 3.82. The molecular weight excluding hydrogens is 254 g/mol. The predicted octanol–water partition coefficient (Wildman–Crippen LogP) is 0.508. The van der Waals surface area contributed by atoms with Crippen LogP contribution in [0.3, 0.4) is 0 Å². The number of imidazole rings is 1. The van der Waals surface area contributed by atoms with Crippen LogP contribution in [0.5, 0.6) is 0 Å². The Morgan fingerprint density at radius 2 is 2.35 bits per heavy atom. The number of nitrogens with one attached hydrogen (secondary N) is 2. The lowest BCUT2D eigenvalue weighted by molar-refractivity contribution is -0.128. The number of nitrogens with two attached hydrogens (primary N) is 1. The average molecular weight is 273 g/mol. The van der Waals surface area contributed by atoms with Gasteiger partial charge in [0.1, 0.15) is 5.82 Å². The number of amides is 1. The Bertz CT molecular complexity index is 636. The largest absolute Gasteiger partial charge is 0.399 e. The van der Waals surface area contributed by atoms with Crippen molar-refractivity contribution >= 4 is 22.6 Å². The number of aromatic amines is 1. The Balaban J connectivity index is 1.69. The standard InChI is InChI=1S/C14H19N5O/c1-9-14(20)16-5-7-19(9)6-4-13-17-11-3-2-10(15)8-12(11)18-13/h2-3,8-9H,4-7,15H2,1H3,(H,16,20)(H,17,18). The van der Waals surface area contributed by atoms with E-state index in [2.05, 4.69) is 20.2 Å². The second kappa shape index (κ2) is 5.13. The Kier molecular flexibility index (Phi) is 3.31. The van der Waals surface area contributed by atoms with Gasteiger partial charge in [0.15, 0.2) is 0 Å². The summed E-state index contributed by atoms with van der Waals surface area (Å²) in [5.41, 5.74) is 8.38. The lowest BCUT2D eigenvalue weighted by Crippen LogP contribution is -2.54. The molecule has 1 unspecified atom stereocenters. The molecule has 0 aliphatic carbocycles. The zero-order chi connectivity index (χ0) is 14.1. The van der Waals surface area contributed by atoms with E-state index in [1.54, 1.807) is 0 Å². The number of piperazine rings is 1. The van der Waals surface area contributed by atoms with Gasteiger partial charge in [0.2, 0.25) is 5.91 Å². The van der Waals surface area contributed by atoms with Crippen LogP contribution in [0.15, 0.2) is 18.2 Å². The number of nitrogen functional groups attached to an aromatic ring is 1. The van der Waals surface area contributed by atoms with Crippen molar-refractivity contribution in [3.63, 3.8) is 0 Å². The van der Waals surface area contributed by atoms with Crippen LogP contribution in [-0.2, 0) is 11.2 Å². The minimum atomic E-state index is -0.0660. The van der Waals surface area contributed by atoms with E-state index in [9.17, 15) is 4.79 Å². The van der Waals surface area contributed by atoms with E-state index in [-0.39, 0.29) is 11.9 Å². The van der Waals surface area contributed by atoms with Gasteiger partial charge in [-0.1, -0.05) is 0 Å². The molecule has 6 heteroatoms. The molecule has 1 amide bonds. The minimum Gasteiger partial charge on any atom is -0.399 e. The second-order valence-electron chi connectivity index (χ2n) is 5.21. The van der Waals surface area contributed by atoms with Gasteiger partial charge in [-0.3, -0.25) is 9.69 Å². The summed E-state index contributed by atoms with van der Waals surface area (Å²) < 4.78 is 0. The quantitative estimate of drug-likeness (QED) is 0.711. The second-order valence-corrected chi connectivity index (χ2v) is 5.21. The average Bonchev–Trinajstić information content (AvgIpc) is 2.82. The van der Waals surface area contributed by atoms with Gasteiger partial charge in [-0.25, -0.2) is 4.98 Å². The lowest BCUT2D eigenvalue weighted by Gasteiger charge is -2.32. The van der Waals surface area contributed by atoms with Gasteiger partial charge >= 0.3 is 0 Å². The van der Waals surface area contributed by atoms with E-state index in [1.807, 2.05) is 25.1 Å². The maximum Gasteiger partial charge on any atom is 0.237 e. The number of hydrogen-bond donors (Lipinski definition) is 3. The maximum absolute atomic E-state index is 11.6. The molecule has 1 atom stereocenters. The number of benzene rings is 1. The van der Waals surface area contributed by atoms with Gasteiger partial charge in [-0.05, 0) is 25.1 Å². The van der Waals surface area contributed by atoms with Crippen LogP contribution in [0, 0.1) is 0 Å². The Labute approximate surface area is 117 Å². The van der Waals surface area contributed by atoms with Crippen molar-refractivity contribution < 1.29 is 4.79 Å². The van der Waals surface area contributed by atoms with E-state index >= 15 is 0 Å². The van der Waals surface area contributed by atoms with Crippen molar-refractivity contribution in [1.82, 2.24) is 20.2 Å². The summed E-state index contributed by atoms with van der Waals surface area (Å²) >= 11 is 0. The van der Waals surface area contributed by atoms with Crippen molar-refractivity contribution in [3.8, 4) is 0 Å². The van der Waals surface area contributed by atoms with Crippen LogP contribution >= 0.6 is 0 Å². The molecule has 20 heavy (non-hydrogen) atoms. The van der Waals surface area contributed by atoms with Crippen molar-refractivity contribution in [2.45, 2.75) is 19.4 Å². The number of fused-ring (bicyclic) bond motifs is 1. The summed E-state index contributed by atoms with van der Waals surface area (Å²) in [4.78, 5) is 21.6. The first-order valence-corrected chi connectivity index (χ1v) is 6.89. The fraction of sp³-hybridized carbons (Fsp3) is 0.429. The third-order valence-electron chi connectivity index (χ3n) is 3.82. The van der Waals surface area contributed by atoms with Crippen LogP contribution in [0.2, 0.25) is 0 Å². The molecular formula is C14H19N5O. The number of nitrogens with zero attached hydrogens (tertiary/aromatic N) is 2. The van der Waals surface area contributed by atoms with Crippen LogP contribution < -0.4 is 11.1 Å². The number of anilines is 1. The Morgan fingerprint density at radius 1 is 1.50 bits per heavy atom. The highest BCUT2D eigenvalue weighted by Crippen LogP contribution is 2.15. The molecule has 0 bridgehead atoms. The molecule has 4 N–H and O–H groups in total. The van der Waals surface area contributed by atoms with Gasteiger partial charge in [0.05, 0.1) is 17.1 Å². The van der Waals surface area contributed by atoms with Crippen molar-refractivity contribution in [1.29, 1.82) is 0 Å². The van der Waals surface area contributed by atoms with Gasteiger partial charge in [0.25, 0.3) is 0 Å². The summed E-state index contributed by atoms with van der Waals surface area (Å²) in [5.74, 6) is 1.04. The number of rotatable bonds is 3. The molecule has 2 aromatic rings. The Morgan fingerprint density at radius 3 is 3.20 bits per heavy atom. The van der Waals surface area contributed by atoms with Gasteiger partial charge < -0.3 is 16.0 Å². The van der Waals surface area contributed by atoms with E-state index < -0.39 is 0 Å². The fourth-order valence-corrected chi connectivity index (χ4v) is 2.58. The molecule has 1 aromatic heterocycles. The molecule has 1 saturated heterocycles. The summed E-state index contributed by atoms with van der Waals surface area (Å²) in [6.07, 6.45) is 0.798. The molecule has 1 aliphatic rings. The normalized spacial score (nSPS) is 20.2. The summed E-state index contributed by atoms with van der Waals surface area (Å²) in [7, 11) is 0. The van der Waals surface area contributed by atoms with Crippen LogP contribution in [-0.4, -0.2) is 46.5 Å². The molecule has 0 radical (unpaired) electrons. The van der Waals surface area contributed by atoms with E-state index in [0.29, 0.717) is 0 Å². The minimum absolute atomic E-state index is 0.0660. The zero-order valence-electron chi connectivity index (χ0n) is 11.5. The number of H-pyrrole nitrogens is 1. The number of aromatic nitrogens is 2. The maximum atomic E-state index is 11.6. The van der Waals surface area contributed by atoms with E-state index in [4.69, 9.17) is 5.73 Å². The highest BCUT2D eigenvalue weighted by molar-refractivity contribution is 5.82. The SMILES string of the molecule is CC1C(=O)NCCN1CCc1nc2ccc(N)cc2[nH]1. The molecule has 1 aromatic carbocycles. The van der Waals surface area contributed by atoms with Gasteiger partial charge in [-0.2, -0.15) is 0 Å². The highest BCUT2D eigenvalue weighted by atomic mass is 16.2. The first kappa shape index (κ1) is 12.9. The summed E-state index contributed by atoms with van der Waals surface area (Å²) in [6, 6.07) is 5.60. The first-order valence-electron chi connectivity index (χ1n) is 6.89. The number of carbonyl (C=O) groups is 1. The summed E-state index contributed by atoms with van der Waals surface area (Å²) in [5, 5.41) is 2.87. The number of hydrogen-bond acceptors (Lipinski definition) is 4. The van der Waals surface area contributed by atoms with Gasteiger partial charge in [0, 0.05) is 31.7 Å². The molecule has 106 valence electrons. The van der Waals surface area contributed by atoms with E-state index in [0.717, 1.165) is 48.6 Å². The zero-order valence-corrected chi connectivity index (χ0v) is 11.5. The third kappa shape index (κ3) is 2.46. The van der Waals surface area contributed by atoms with E-state index in [1.165, 1.54) is 0 Å². The monoisotopic (exact) mass is 273 g/mol. The Hall–Kier alpha value is -2.08. The molecule has 0 spiro atoms. The topological polar surface area (TPSA) is 87.0 Å². The van der Waals surface area contributed by atoms with Gasteiger partial charge in [-0.15, -0.1) is 0 Å². The number of carbonyl (C=O) groups excluding carboxylic acids is 1. The van der Waals surface area contributed by atoms with Crippen molar-refractivity contribution in [2.75, 3.05) is 25.4 Å². The molecule has 3 rings (SSSR count). The summed E-state index contributed by atoms with van der Waals surface area (Å²) in [6.45, 7) is 4.37. The molecule has 6 nitrogen and oxygen atoms in total. The first-order chi connectivity index (χ1) is 9.63. The van der Waals surface area contributed by atoms with Crippen molar-refractivity contribution in [2.24, 2.45) is 0 Å². The predicted molar refractivity (Wildman–Crippen MR) is 78.3 cm³/mol. The molecule has 1 fully saturated rings. The van der Waals surface area contributed by atoms with Crippen LogP contribution in [0.25, 0.3) is 11.0 Å². The molecule has 0 saturated carbocycles. The lowest BCUT2D eigenvalue weighted by atomic mass is 10.2. The highest BCUT2D eigenvalue weighted by Gasteiger charge is 2.24. The fourth-order valence-electron chi connectivity index (χ4n) is 2.58. The van der Waals surface area contributed by atoms with Crippen LogP contribution in [0.4, 0.5) is 5.69 Å².